The van der Waals surface area contributed by atoms with Crippen LogP contribution in [0, 0.1) is 11.3 Å². The highest BCUT2D eigenvalue weighted by atomic mass is 16.2. The zero-order valence-electron chi connectivity index (χ0n) is 14.5. The summed E-state index contributed by atoms with van der Waals surface area (Å²) in [6, 6.07) is 15.9. The minimum absolute atomic E-state index is 0.102. The van der Waals surface area contributed by atoms with Crippen LogP contribution in [0.4, 0.5) is 5.69 Å². The van der Waals surface area contributed by atoms with E-state index in [9.17, 15) is 10.1 Å². The van der Waals surface area contributed by atoms with E-state index in [1.165, 1.54) is 11.8 Å². The van der Waals surface area contributed by atoms with Crippen molar-refractivity contribution in [3.8, 4) is 6.07 Å². The molecule has 1 aliphatic heterocycles. The smallest absolute Gasteiger partial charge is 0.266 e. The van der Waals surface area contributed by atoms with E-state index in [0.29, 0.717) is 13.1 Å². The highest BCUT2D eigenvalue weighted by molar-refractivity contribution is 5.97. The standard InChI is InChI=1S/C20H21N5O/c21-13-18(14-23-19-7-4-8-22-15-19)20(26)25-11-9-24(10-12-25)16-17-5-2-1-3-6-17/h1-8,14-15,23H,9-12,16H2/b18-14-. The van der Waals surface area contributed by atoms with Crippen LogP contribution in [0.15, 0.2) is 66.6 Å². The van der Waals surface area contributed by atoms with Gasteiger partial charge in [0, 0.05) is 45.1 Å². The number of nitriles is 1. The van der Waals surface area contributed by atoms with Crippen molar-refractivity contribution in [3.63, 3.8) is 0 Å². The van der Waals surface area contributed by atoms with Gasteiger partial charge in [0.25, 0.3) is 5.91 Å². The van der Waals surface area contributed by atoms with Crippen molar-refractivity contribution < 1.29 is 4.79 Å². The molecule has 1 aliphatic rings. The quantitative estimate of drug-likeness (QED) is 0.663. The number of benzene rings is 1. The van der Waals surface area contributed by atoms with E-state index in [1.807, 2.05) is 30.3 Å². The van der Waals surface area contributed by atoms with Crippen molar-refractivity contribution in [1.29, 1.82) is 5.26 Å². The molecule has 2 aromatic rings. The van der Waals surface area contributed by atoms with Gasteiger partial charge < -0.3 is 10.2 Å². The Kier molecular flexibility index (Phi) is 5.96. The van der Waals surface area contributed by atoms with E-state index in [1.54, 1.807) is 23.4 Å². The topological polar surface area (TPSA) is 72.3 Å². The van der Waals surface area contributed by atoms with Crippen LogP contribution in [-0.2, 0) is 11.3 Å². The highest BCUT2D eigenvalue weighted by Gasteiger charge is 2.23. The first-order valence-electron chi connectivity index (χ1n) is 8.58. The maximum atomic E-state index is 12.6. The molecule has 1 fully saturated rings. The van der Waals surface area contributed by atoms with Crippen LogP contribution in [0.3, 0.4) is 0 Å². The molecule has 1 N–H and O–H groups in total. The van der Waals surface area contributed by atoms with Crippen molar-refractivity contribution >= 4 is 11.6 Å². The maximum Gasteiger partial charge on any atom is 0.266 e. The Morgan fingerprint density at radius 2 is 1.92 bits per heavy atom. The zero-order chi connectivity index (χ0) is 18.2. The number of aromatic nitrogens is 1. The monoisotopic (exact) mass is 347 g/mol. The number of pyridine rings is 1. The second kappa shape index (κ2) is 8.79. The molecule has 26 heavy (non-hydrogen) atoms. The zero-order valence-corrected chi connectivity index (χ0v) is 14.5. The van der Waals surface area contributed by atoms with Gasteiger partial charge in [0.15, 0.2) is 0 Å². The molecular weight excluding hydrogens is 326 g/mol. The van der Waals surface area contributed by atoms with Crippen LogP contribution in [0.1, 0.15) is 5.56 Å². The van der Waals surface area contributed by atoms with Gasteiger partial charge in [-0.25, -0.2) is 0 Å². The second-order valence-corrected chi connectivity index (χ2v) is 6.11. The summed E-state index contributed by atoms with van der Waals surface area (Å²) >= 11 is 0. The van der Waals surface area contributed by atoms with E-state index in [-0.39, 0.29) is 11.5 Å². The van der Waals surface area contributed by atoms with Crippen LogP contribution >= 0.6 is 0 Å². The Hall–Kier alpha value is -3.17. The number of nitrogens with zero attached hydrogens (tertiary/aromatic N) is 4. The van der Waals surface area contributed by atoms with Crippen molar-refractivity contribution in [3.05, 3.63) is 72.2 Å². The number of anilines is 1. The normalized spacial score (nSPS) is 15.3. The molecule has 0 saturated carbocycles. The molecule has 3 rings (SSSR count). The number of hydrogen-bond acceptors (Lipinski definition) is 5. The fourth-order valence-corrected chi connectivity index (χ4v) is 2.87. The first-order valence-corrected chi connectivity index (χ1v) is 8.58. The Morgan fingerprint density at radius 3 is 2.58 bits per heavy atom. The summed E-state index contributed by atoms with van der Waals surface area (Å²) in [6.45, 7) is 3.73. The number of amides is 1. The van der Waals surface area contributed by atoms with Gasteiger partial charge in [-0.05, 0) is 17.7 Å². The number of hydrogen-bond donors (Lipinski definition) is 1. The van der Waals surface area contributed by atoms with Crippen molar-refractivity contribution in [1.82, 2.24) is 14.8 Å². The van der Waals surface area contributed by atoms with Gasteiger partial charge in [-0.2, -0.15) is 5.26 Å². The molecule has 1 saturated heterocycles. The van der Waals surface area contributed by atoms with Gasteiger partial charge >= 0.3 is 0 Å². The first-order chi connectivity index (χ1) is 12.8. The lowest BCUT2D eigenvalue weighted by atomic mass is 10.2. The minimum Gasteiger partial charge on any atom is -0.359 e. The molecule has 1 amide bonds. The lowest BCUT2D eigenvalue weighted by Crippen LogP contribution is -2.48. The molecule has 0 atom stereocenters. The van der Waals surface area contributed by atoms with Gasteiger partial charge in [-0.3, -0.25) is 14.7 Å². The fourth-order valence-electron chi connectivity index (χ4n) is 2.87. The van der Waals surface area contributed by atoms with Gasteiger partial charge in [0.2, 0.25) is 0 Å². The number of nitrogens with one attached hydrogen (secondary N) is 1. The Morgan fingerprint density at radius 1 is 1.15 bits per heavy atom. The molecule has 6 nitrogen and oxygen atoms in total. The summed E-state index contributed by atoms with van der Waals surface area (Å²) in [4.78, 5) is 20.6. The number of carbonyl (C=O) groups excluding carboxylic acids is 1. The van der Waals surface area contributed by atoms with E-state index in [4.69, 9.17) is 0 Å². The molecule has 0 unspecified atom stereocenters. The van der Waals surface area contributed by atoms with Crippen molar-refractivity contribution in [2.45, 2.75) is 6.54 Å². The lowest BCUT2D eigenvalue weighted by Gasteiger charge is -2.34. The first kappa shape index (κ1) is 17.6. The SMILES string of the molecule is N#C/C(=C/Nc1cccnc1)C(=O)N1CCN(Cc2ccccc2)CC1. The van der Waals surface area contributed by atoms with Crippen LogP contribution in [0.5, 0.6) is 0 Å². The number of carbonyl (C=O) groups is 1. The average molecular weight is 347 g/mol. The molecule has 0 bridgehead atoms. The third-order valence-corrected chi connectivity index (χ3v) is 4.30. The van der Waals surface area contributed by atoms with Gasteiger partial charge in [0.05, 0.1) is 11.9 Å². The predicted molar refractivity (Wildman–Crippen MR) is 99.9 cm³/mol. The number of rotatable bonds is 5. The molecule has 1 aromatic heterocycles. The summed E-state index contributed by atoms with van der Waals surface area (Å²) < 4.78 is 0. The summed E-state index contributed by atoms with van der Waals surface area (Å²) in [7, 11) is 0. The van der Waals surface area contributed by atoms with E-state index < -0.39 is 0 Å². The maximum absolute atomic E-state index is 12.6. The summed E-state index contributed by atoms with van der Waals surface area (Å²) in [5.41, 5.74) is 2.11. The van der Waals surface area contributed by atoms with Gasteiger partial charge in [-0.1, -0.05) is 30.3 Å². The third-order valence-electron chi connectivity index (χ3n) is 4.30. The predicted octanol–water partition coefficient (Wildman–Crippen LogP) is 2.25. The van der Waals surface area contributed by atoms with Crippen LogP contribution in [-0.4, -0.2) is 46.9 Å². The molecule has 0 radical (unpaired) electrons. The van der Waals surface area contributed by atoms with Crippen molar-refractivity contribution in [2.24, 2.45) is 0 Å². The minimum atomic E-state index is -0.233. The Balaban J connectivity index is 1.54. The highest BCUT2D eigenvalue weighted by Crippen LogP contribution is 2.11. The molecule has 0 aliphatic carbocycles. The van der Waals surface area contributed by atoms with Gasteiger partial charge in [0.1, 0.15) is 11.6 Å². The average Bonchev–Trinajstić information content (AvgIpc) is 2.70. The largest absolute Gasteiger partial charge is 0.359 e. The second-order valence-electron chi connectivity index (χ2n) is 6.11. The third kappa shape index (κ3) is 4.68. The molecule has 0 spiro atoms. The Bertz CT molecular complexity index is 790. The van der Waals surface area contributed by atoms with E-state index in [0.717, 1.165) is 25.3 Å². The van der Waals surface area contributed by atoms with Gasteiger partial charge in [-0.15, -0.1) is 0 Å². The lowest BCUT2D eigenvalue weighted by molar-refractivity contribution is -0.128. The van der Waals surface area contributed by atoms with E-state index in [2.05, 4.69) is 27.3 Å². The Labute approximate surface area is 153 Å². The number of piperazine rings is 1. The molecule has 132 valence electrons. The van der Waals surface area contributed by atoms with Crippen LogP contribution < -0.4 is 5.32 Å². The van der Waals surface area contributed by atoms with Crippen LogP contribution in [0.25, 0.3) is 0 Å². The molecule has 1 aromatic carbocycles. The fraction of sp³-hybridized carbons (Fsp3) is 0.250. The summed E-state index contributed by atoms with van der Waals surface area (Å²) in [6.07, 6.45) is 4.76. The van der Waals surface area contributed by atoms with E-state index >= 15 is 0 Å². The molecule has 6 heteroatoms. The van der Waals surface area contributed by atoms with Crippen molar-refractivity contribution in [2.75, 3.05) is 31.5 Å². The van der Waals surface area contributed by atoms with Crippen LogP contribution in [0.2, 0.25) is 0 Å². The molecule has 2 heterocycles. The molecular formula is C20H21N5O. The summed E-state index contributed by atoms with van der Waals surface area (Å²) in [5, 5.41) is 12.3. The summed E-state index contributed by atoms with van der Waals surface area (Å²) in [5.74, 6) is -0.233.